The third kappa shape index (κ3) is 2.26. The molecule has 0 bridgehead atoms. The van der Waals surface area contributed by atoms with Crippen LogP contribution in [0.25, 0.3) is 11.0 Å². The van der Waals surface area contributed by atoms with Crippen molar-refractivity contribution in [1.82, 2.24) is 0 Å². The number of carbonyl (C=O) groups excluding carboxylic acids is 1. The Kier molecular flexibility index (Phi) is 3.07. The van der Waals surface area contributed by atoms with Crippen LogP contribution in [0.3, 0.4) is 0 Å². The van der Waals surface area contributed by atoms with Gasteiger partial charge in [-0.05, 0) is 49.7 Å². The lowest BCUT2D eigenvalue weighted by atomic mass is 10.1. The number of halogens is 1. The first-order chi connectivity index (χ1) is 9.04. The van der Waals surface area contributed by atoms with Gasteiger partial charge in [-0.3, -0.25) is 4.79 Å². The summed E-state index contributed by atoms with van der Waals surface area (Å²) in [5.41, 5.74) is 1.80. The summed E-state index contributed by atoms with van der Waals surface area (Å²) in [4.78, 5) is 14.2. The smallest absolute Gasteiger partial charge is 0.238 e. The van der Waals surface area contributed by atoms with Gasteiger partial charge in [-0.2, -0.15) is 0 Å². The number of benzene rings is 1. The van der Waals surface area contributed by atoms with Gasteiger partial charge in [0.25, 0.3) is 0 Å². The molecular weight excluding hydrogens is 324 g/mol. The van der Waals surface area contributed by atoms with Crippen molar-refractivity contribution in [3.63, 3.8) is 0 Å². The van der Waals surface area contributed by atoms with Gasteiger partial charge in [0.15, 0.2) is 5.76 Å². The van der Waals surface area contributed by atoms with Gasteiger partial charge in [0.2, 0.25) is 5.78 Å². The summed E-state index contributed by atoms with van der Waals surface area (Å²) < 4.78 is 6.71. The second-order valence-electron chi connectivity index (χ2n) is 4.49. The number of carbonyl (C=O) groups is 1. The number of aryl methyl sites for hydroxylation is 2. The van der Waals surface area contributed by atoms with Gasteiger partial charge in [-0.1, -0.05) is 15.9 Å². The summed E-state index contributed by atoms with van der Waals surface area (Å²) in [6.45, 7) is 3.96. The first-order valence-corrected chi connectivity index (χ1v) is 7.46. The number of hydrogen-bond acceptors (Lipinski definition) is 3. The average molecular weight is 335 g/mol. The fraction of sp³-hybridized carbons (Fsp3) is 0.133. The molecule has 2 aromatic heterocycles. The third-order valence-corrected chi connectivity index (χ3v) is 4.41. The molecule has 0 amide bonds. The van der Waals surface area contributed by atoms with Gasteiger partial charge in [0.1, 0.15) is 5.58 Å². The molecule has 0 spiro atoms. The average Bonchev–Trinajstić information content (AvgIpc) is 2.94. The minimum Gasteiger partial charge on any atom is -0.452 e. The monoisotopic (exact) mass is 334 g/mol. The van der Waals surface area contributed by atoms with Crippen molar-refractivity contribution in [2.24, 2.45) is 0 Å². The molecule has 0 aliphatic rings. The zero-order valence-corrected chi connectivity index (χ0v) is 12.9. The second kappa shape index (κ2) is 4.62. The van der Waals surface area contributed by atoms with Crippen molar-refractivity contribution in [2.75, 3.05) is 0 Å². The van der Waals surface area contributed by atoms with E-state index in [1.807, 2.05) is 44.2 Å². The van der Waals surface area contributed by atoms with Crippen LogP contribution in [0.4, 0.5) is 0 Å². The van der Waals surface area contributed by atoms with E-state index in [2.05, 4.69) is 15.9 Å². The first kappa shape index (κ1) is 12.6. The van der Waals surface area contributed by atoms with Crippen LogP contribution in [0.15, 0.2) is 39.2 Å². The van der Waals surface area contributed by atoms with Crippen LogP contribution in [-0.2, 0) is 0 Å². The summed E-state index contributed by atoms with van der Waals surface area (Å²) in [7, 11) is 0. The van der Waals surface area contributed by atoms with Crippen molar-refractivity contribution in [3.05, 3.63) is 55.9 Å². The number of hydrogen-bond donors (Lipinski definition) is 0. The van der Waals surface area contributed by atoms with Crippen LogP contribution < -0.4 is 0 Å². The topological polar surface area (TPSA) is 30.2 Å². The van der Waals surface area contributed by atoms with Crippen LogP contribution in [-0.4, -0.2) is 5.78 Å². The fourth-order valence-electron chi connectivity index (χ4n) is 2.07. The van der Waals surface area contributed by atoms with E-state index in [1.165, 1.54) is 11.3 Å². The van der Waals surface area contributed by atoms with Gasteiger partial charge in [-0.25, -0.2) is 0 Å². The van der Waals surface area contributed by atoms with E-state index in [0.717, 1.165) is 25.9 Å². The summed E-state index contributed by atoms with van der Waals surface area (Å²) in [6.07, 6.45) is 0. The Balaban J connectivity index is 2.11. The number of furan rings is 1. The lowest BCUT2D eigenvalue weighted by Gasteiger charge is -1.95. The predicted molar refractivity (Wildman–Crippen MR) is 81.1 cm³/mol. The van der Waals surface area contributed by atoms with Gasteiger partial charge >= 0.3 is 0 Å². The second-order valence-corrected chi connectivity index (χ2v) is 6.69. The molecule has 3 aromatic rings. The Bertz CT molecular complexity index is 783. The molecule has 0 radical (unpaired) electrons. The van der Waals surface area contributed by atoms with Gasteiger partial charge in [0, 0.05) is 14.7 Å². The quantitative estimate of drug-likeness (QED) is 0.610. The predicted octanol–water partition coefficient (Wildman–Crippen LogP) is 5.10. The molecular formula is C15H11BrO2S. The highest BCUT2D eigenvalue weighted by Gasteiger charge is 2.17. The first-order valence-electron chi connectivity index (χ1n) is 5.85. The Labute approximate surface area is 123 Å². The molecule has 0 saturated carbocycles. The number of thiophene rings is 1. The molecule has 0 fully saturated rings. The maximum absolute atomic E-state index is 12.3. The van der Waals surface area contributed by atoms with Gasteiger partial charge in [0.05, 0.1) is 4.88 Å². The standard InChI is InChI=1S/C15H11BrO2S/c1-8-5-11(16)6-10-7-12(18-15(8)10)14(17)13-4-3-9(2)19-13/h3-7H,1-2H3. The van der Waals surface area contributed by atoms with Crippen molar-refractivity contribution in [3.8, 4) is 0 Å². The van der Waals surface area contributed by atoms with Crippen molar-refractivity contribution in [2.45, 2.75) is 13.8 Å². The highest BCUT2D eigenvalue weighted by molar-refractivity contribution is 9.10. The molecule has 1 aromatic carbocycles. The molecule has 0 saturated heterocycles. The van der Waals surface area contributed by atoms with E-state index in [-0.39, 0.29) is 5.78 Å². The van der Waals surface area contributed by atoms with Crippen LogP contribution in [0, 0.1) is 13.8 Å². The van der Waals surface area contributed by atoms with E-state index in [4.69, 9.17) is 4.42 Å². The van der Waals surface area contributed by atoms with Crippen molar-refractivity contribution >= 4 is 44.0 Å². The van der Waals surface area contributed by atoms with Crippen molar-refractivity contribution in [1.29, 1.82) is 0 Å². The zero-order valence-electron chi connectivity index (χ0n) is 10.5. The maximum atomic E-state index is 12.3. The molecule has 0 aliphatic heterocycles. The number of ketones is 1. The molecule has 0 unspecified atom stereocenters. The van der Waals surface area contributed by atoms with Gasteiger partial charge < -0.3 is 4.42 Å². The number of rotatable bonds is 2. The molecule has 2 heterocycles. The van der Waals surface area contributed by atoms with E-state index in [9.17, 15) is 4.79 Å². The third-order valence-electron chi connectivity index (χ3n) is 2.95. The molecule has 0 N–H and O–H groups in total. The summed E-state index contributed by atoms with van der Waals surface area (Å²) in [5, 5.41) is 0.948. The summed E-state index contributed by atoms with van der Waals surface area (Å²) >= 11 is 4.94. The van der Waals surface area contributed by atoms with Crippen molar-refractivity contribution < 1.29 is 9.21 Å². The maximum Gasteiger partial charge on any atom is 0.238 e. The highest BCUT2D eigenvalue weighted by atomic mass is 79.9. The largest absolute Gasteiger partial charge is 0.452 e. The molecule has 96 valence electrons. The van der Waals surface area contributed by atoms with Gasteiger partial charge in [-0.15, -0.1) is 11.3 Å². The molecule has 0 atom stereocenters. The van der Waals surface area contributed by atoms with Crippen LogP contribution >= 0.6 is 27.3 Å². The molecule has 2 nitrogen and oxygen atoms in total. The lowest BCUT2D eigenvalue weighted by molar-refractivity contribution is 0.101. The fourth-order valence-corrected chi connectivity index (χ4v) is 3.48. The molecule has 3 rings (SSSR count). The SMILES string of the molecule is Cc1ccc(C(=O)c2cc3cc(Br)cc(C)c3o2)s1. The minimum atomic E-state index is -0.0511. The normalized spacial score (nSPS) is 11.1. The van der Waals surface area contributed by atoms with Crippen LogP contribution in [0.1, 0.15) is 25.9 Å². The highest BCUT2D eigenvalue weighted by Crippen LogP contribution is 2.29. The van der Waals surface area contributed by atoms with E-state index >= 15 is 0 Å². The van der Waals surface area contributed by atoms with Crippen LogP contribution in [0.5, 0.6) is 0 Å². The Morgan fingerprint density at radius 2 is 2.00 bits per heavy atom. The lowest BCUT2D eigenvalue weighted by Crippen LogP contribution is -1.95. The minimum absolute atomic E-state index is 0.0511. The Morgan fingerprint density at radius 1 is 1.21 bits per heavy atom. The van der Waals surface area contributed by atoms with E-state index in [1.54, 1.807) is 0 Å². The Morgan fingerprint density at radius 3 is 2.68 bits per heavy atom. The number of fused-ring (bicyclic) bond motifs is 1. The molecule has 4 heteroatoms. The summed E-state index contributed by atoms with van der Waals surface area (Å²) in [6, 6.07) is 9.54. The van der Waals surface area contributed by atoms with Crippen LogP contribution in [0.2, 0.25) is 0 Å². The van der Waals surface area contributed by atoms with E-state index < -0.39 is 0 Å². The molecule has 0 aliphatic carbocycles. The summed E-state index contributed by atoms with van der Waals surface area (Å²) in [5.74, 6) is 0.350. The zero-order chi connectivity index (χ0) is 13.6. The molecule has 19 heavy (non-hydrogen) atoms. The Hall–Kier alpha value is -1.39. The van der Waals surface area contributed by atoms with E-state index in [0.29, 0.717) is 10.6 Å².